The molecule has 0 aliphatic rings. The van der Waals surface area contributed by atoms with Crippen molar-refractivity contribution in [3.05, 3.63) is 65.2 Å². The molecule has 0 unspecified atom stereocenters. The van der Waals surface area contributed by atoms with Crippen LogP contribution < -0.4 is 5.32 Å². The van der Waals surface area contributed by atoms with Gasteiger partial charge in [-0.2, -0.15) is 0 Å². The second-order valence-electron chi connectivity index (χ2n) is 5.48. The maximum Gasteiger partial charge on any atom is 0.256 e. The first-order chi connectivity index (χ1) is 10.6. The summed E-state index contributed by atoms with van der Waals surface area (Å²) < 4.78 is 5.15. The molecule has 1 amide bonds. The number of carbonyl (C=O) groups excluding carboxylic acids is 1. The molecule has 0 saturated carbocycles. The minimum absolute atomic E-state index is 0.116. The van der Waals surface area contributed by atoms with Crippen LogP contribution in [0.15, 0.2) is 48.5 Å². The predicted octanol–water partition coefficient (Wildman–Crippen LogP) is 3.15. The normalized spacial score (nSPS) is 10.7. The van der Waals surface area contributed by atoms with E-state index in [1.807, 2.05) is 56.6 Å². The van der Waals surface area contributed by atoms with Gasteiger partial charge in [0.15, 0.2) is 0 Å². The van der Waals surface area contributed by atoms with E-state index in [0.29, 0.717) is 12.2 Å². The molecule has 2 aromatic rings. The van der Waals surface area contributed by atoms with E-state index in [-0.39, 0.29) is 5.91 Å². The van der Waals surface area contributed by atoms with E-state index in [2.05, 4.69) is 16.3 Å². The maximum atomic E-state index is 12.5. The van der Waals surface area contributed by atoms with Crippen molar-refractivity contribution in [3.8, 4) is 0 Å². The van der Waals surface area contributed by atoms with Crippen LogP contribution in [0.4, 0.5) is 5.69 Å². The van der Waals surface area contributed by atoms with Crippen LogP contribution in [0.5, 0.6) is 0 Å². The molecular weight excluding hydrogens is 276 g/mol. The van der Waals surface area contributed by atoms with Gasteiger partial charge in [0.2, 0.25) is 0 Å². The Bertz CT molecular complexity index is 638. The number of hydrogen-bond donors (Lipinski definition) is 1. The Hall–Kier alpha value is -2.17. The highest BCUT2D eigenvalue weighted by Gasteiger charge is 2.11. The highest BCUT2D eigenvalue weighted by Crippen LogP contribution is 2.16. The first-order valence-corrected chi connectivity index (χ1v) is 7.22. The lowest BCUT2D eigenvalue weighted by molar-refractivity contribution is 0.102. The van der Waals surface area contributed by atoms with Gasteiger partial charge in [0.25, 0.3) is 5.91 Å². The second kappa shape index (κ2) is 7.73. The van der Waals surface area contributed by atoms with E-state index in [1.54, 1.807) is 7.11 Å². The van der Waals surface area contributed by atoms with Gasteiger partial charge in [0.05, 0.1) is 6.61 Å². The lowest BCUT2D eigenvalue weighted by Crippen LogP contribution is -2.15. The van der Waals surface area contributed by atoms with Gasteiger partial charge in [-0.25, -0.2) is 0 Å². The van der Waals surface area contributed by atoms with E-state index >= 15 is 0 Å². The molecule has 2 rings (SSSR count). The zero-order valence-electron chi connectivity index (χ0n) is 13.3. The molecule has 1 N–H and O–H groups in total. The highest BCUT2D eigenvalue weighted by atomic mass is 16.5. The van der Waals surface area contributed by atoms with Crippen LogP contribution in [0.25, 0.3) is 0 Å². The van der Waals surface area contributed by atoms with Gasteiger partial charge in [-0.05, 0) is 43.4 Å². The number of rotatable bonds is 6. The molecule has 0 aromatic heterocycles. The number of carbonyl (C=O) groups is 1. The molecule has 0 saturated heterocycles. The number of ether oxygens (including phenoxy) is 1. The van der Waals surface area contributed by atoms with Gasteiger partial charge < -0.3 is 15.0 Å². The Morgan fingerprint density at radius 3 is 2.64 bits per heavy atom. The van der Waals surface area contributed by atoms with Crippen molar-refractivity contribution in [1.82, 2.24) is 4.90 Å². The van der Waals surface area contributed by atoms with Crippen LogP contribution in [0, 0.1) is 0 Å². The van der Waals surface area contributed by atoms with Crippen LogP contribution in [0.3, 0.4) is 0 Å². The fourth-order valence-electron chi connectivity index (χ4n) is 2.33. The SMILES string of the molecule is COCc1ccccc1C(=O)Nc1cccc(CN(C)C)c1. The van der Waals surface area contributed by atoms with Gasteiger partial charge in [0, 0.05) is 24.9 Å². The van der Waals surface area contributed by atoms with E-state index in [0.717, 1.165) is 23.4 Å². The van der Waals surface area contributed by atoms with Gasteiger partial charge in [-0.1, -0.05) is 30.3 Å². The first-order valence-electron chi connectivity index (χ1n) is 7.22. The molecule has 4 nitrogen and oxygen atoms in total. The lowest BCUT2D eigenvalue weighted by atomic mass is 10.1. The van der Waals surface area contributed by atoms with Crippen molar-refractivity contribution in [2.45, 2.75) is 13.2 Å². The summed E-state index contributed by atoms with van der Waals surface area (Å²) in [7, 11) is 5.66. The number of nitrogens with zero attached hydrogens (tertiary/aromatic N) is 1. The summed E-state index contributed by atoms with van der Waals surface area (Å²) in [5.74, 6) is -0.116. The summed E-state index contributed by atoms with van der Waals surface area (Å²) >= 11 is 0. The largest absolute Gasteiger partial charge is 0.380 e. The van der Waals surface area contributed by atoms with Gasteiger partial charge in [-0.15, -0.1) is 0 Å². The summed E-state index contributed by atoms with van der Waals surface area (Å²) in [6, 6.07) is 15.4. The van der Waals surface area contributed by atoms with Crippen molar-refractivity contribution >= 4 is 11.6 Å². The quantitative estimate of drug-likeness (QED) is 0.890. The molecule has 22 heavy (non-hydrogen) atoms. The summed E-state index contributed by atoms with van der Waals surface area (Å²) in [6.07, 6.45) is 0. The molecule has 0 radical (unpaired) electrons. The number of anilines is 1. The minimum atomic E-state index is -0.116. The number of benzene rings is 2. The summed E-state index contributed by atoms with van der Waals surface area (Å²) in [5.41, 5.74) is 3.49. The van der Waals surface area contributed by atoms with Crippen molar-refractivity contribution in [3.63, 3.8) is 0 Å². The molecule has 0 bridgehead atoms. The summed E-state index contributed by atoms with van der Waals surface area (Å²) in [4.78, 5) is 14.6. The third kappa shape index (κ3) is 4.41. The van der Waals surface area contributed by atoms with Crippen molar-refractivity contribution in [2.24, 2.45) is 0 Å². The third-order valence-corrected chi connectivity index (χ3v) is 3.25. The molecule has 0 spiro atoms. The Kier molecular flexibility index (Phi) is 5.69. The van der Waals surface area contributed by atoms with Crippen LogP contribution in [0.1, 0.15) is 21.5 Å². The average Bonchev–Trinajstić information content (AvgIpc) is 2.47. The van der Waals surface area contributed by atoms with E-state index in [4.69, 9.17) is 4.74 Å². The Morgan fingerprint density at radius 1 is 1.14 bits per heavy atom. The van der Waals surface area contributed by atoms with Crippen LogP contribution in [-0.2, 0) is 17.9 Å². The zero-order valence-corrected chi connectivity index (χ0v) is 13.3. The highest BCUT2D eigenvalue weighted by molar-refractivity contribution is 6.05. The number of methoxy groups -OCH3 is 1. The zero-order chi connectivity index (χ0) is 15.9. The van der Waals surface area contributed by atoms with E-state index in [9.17, 15) is 4.79 Å². The van der Waals surface area contributed by atoms with Gasteiger partial charge in [0.1, 0.15) is 0 Å². The van der Waals surface area contributed by atoms with E-state index < -0.39 is 0 Å². The minimum Gasteiger partial charge on any atom is -0.380 e. The molecule has 2 aromatic carbocycles. The molecular formula is C18H22N2O2. The smallest absolute Gasteiger partial charge is 0.256 e. The van der Waals surface area contributed by atoms with Crippen LogP contribution in [0.2, 0.25) is 0 Å². The number of hydrogen-bond acceptors (Lipinski definition) is 3. The Morgan fingerprint density at radius 2 is 1.91 bits per heavy atom. The number of amides is 1. The number of nitrogens with one attached hydrogen (secondary N) is 1. The fraction of sp³-hybridized carbons (Fsp3) is 0.278. The lowest BCUT2D eigenvalue weighted by Gasteiger charge is -2.12. The molecule has 0 aliphatic heterocycles. The van der Waals surface area contributed by atoms with Crippen molar-refractivity contribution < 1.29 is 9.53 Å². The van der Waals surface area contributed by atoms with Crippen LogP contribution in [-0.4, -0.2) is 32.0 Å². The Balaban J connectivity index is 2.15. The van der Waals surface area contributed by atoms with Gasteiger partial charge in [-0.3, -0.25) is 4.79 Å². The average molecular weight is 298 g/mol. The monoisotopic (exact) mass is 298 g/mol. The Labute approximate surface area is 131 Å². The molecule has 0 aliphatic carbocycles. The van der Waals surface area contributed by atoms with Crippen molar-refractivity contribution in [1.29, 1.82) is 0 Å². The van der Waals surface area contributed by atoms with E-state index in [1.165, 1.54) is 0 Å². The molecule has 0 atom stereocenters. The second-order valence-corrected chi connectivity index (χ2v) is 5.48. The predicted molar refractivity (Wildman–Crippen MR) is 88.9 cm³/mol. The van der Waals surface area contributed by atoms with Gasteiger partial charge >= 0.3 is 0 Å². The van der Waals surface area contributed by atoms with Crippen molar-refractivity contribution in [2.75, 3.05) is 26.5 Å². The summed E-state index contributed by atoms with van der Waals surface area (Å²) in [6.45, 7) is 1.26. The standard InChI is InChI=1S/C18H22N2O2/c1-20(2)12-14-7-6-9-16(11-14)19-18(21)17-10-5-4-8-15(17)13-22-3/h4-11H,12-13H2,1-3H3,(H,19,21). The fourth-order valence-corrected chi connectivity index (χ4v) is 2.33. The topological polar surface area (TPSA) is 41.6 Å². The van der Waals surface area contributed by atoms with Crippen LogP contribution >= 0.6 is 0 Å². The maximum absolute atomic E-state index is 12.5. The first kappa shape index (κ1) is 16.2. The molecule has 4 heteroatoms. The molecule has 0 heterocycles. The molecule has 0 fully saturated rings. The third-order valence-electron chi connectivity index (χ3n) is 3.25. The summed E-state index contributed by atoms with van der Waals surface area (Å²) in [5, 5.41) is 2.96. The molecule has 116 valence electrons.